The minimum absolute atomic E-state index is 0.161. The highest BCUT2D eigenvalue weighted by Gasteiger charge is 2.35. The molecule has 1 amide bonds. The molecule has 0 radical (unpaired) electrons. The molecular weight excluding hydrogens is 234 g/mol. The van der Waals surface area contributed by atoms with Gasteiger partial charge in [0.2, 0.25) is 0 Å². The van der Waals surface area contributed by atoms with Gasteiger partial charge in [0.25, 0.3) is 5.91 Å². The van der Waals surface area contributed by atoms with E-state index in [1.165, 1.54) is 4.90 Å². The number of allylic oxidation sites excluding steroid dienone is 1. The molecule has 2 N–H and O–H groups in total. The van der Waals surface area contributed by atoms with Crippen molar-refractivity contribution in [3.8, 4) is 0 Å². The van der Waals surface area contributed by atoms with Gasteiger partial charge in [-0.25, -0.2) is 0 Å². The molecule has 1 rings (SSSR count). The van der Waals surface area contributed by atoms with Crippen LogP contribution in [0.15, 0.2) is 24.3 Å². The van der Waals surface area contributed by atoms with E-state index in [4.69, 9.17) is 0 Å². The molecule has 0 aromatic heterocycles. The molecule has 0 saturated carbocycles. The highest BCUT2D eigenvalue weighted by atomic mass is 16.3. The molecule has 100 valence electrons. The van der Waals surface area contributed by atoms with Gasteiger partial charge in [-0.1, -0.05) is 18.7 Å². The Morgan fingerprint density at radius 3 is 2.72 bits per heavy atom. The summed E-state index contributed by atoms with van der Waals surface area (Å²) in [6, 6.07) is -0.165. The Kier molecular flexibility index (Phi) is 5.25. The number of carbonyl (C=O) groups excluding carboxylic acids is 2. The summed E-state index contributed by atoms with van der Waals surface area (Å²) in [5, 5.41) is 18.7. The second-order valence-corrected chi connectivity index (χ2v) is 4.34. The lowest BCUT2D eigenvalue weighted by atomic mass is 10.1. The van der Waals surface area contributed by atoms with E-state index in [1.54, 1.807) is 0 Å². The second-order valence-electron chi connectivity index (χ2n) is 4.34. The van der Waals surface area contributed by atoms with Crippen LogP contribution in [0.25, 0.3) is 0 Å². The van der Waals surface area contributed by atoms with Crippen LogP contribution in [-0.2, 0) is 9.59 Å². The Bertz CT molecular complexity index is 364. The monoisotopic (exact) mass is 253 g/mol. The van der Waals surface area contributed by atoms with Crippen molar-refractivity contribution in [3.63, 3.8) is 0 Å². The smallest absolute Gasteiger partial charge is 0.255 e. The number of nitrogens with zero attached hydrogens (tertiary/aromatic N) is 1. The number of likely N-dealkylation sites (tertiary alicyclic amines) is 1. The molecule has 5 nitrogen and oxygen atoms in total. The molecule has 5 heteroatoms. The molecule has 0 aromatic carbocycles. The van der Waals surface area contributed by atoms with Gasteiger partial charge in [-0.05, 0) is 25.3 Å². The van der Waals surface area contributed by atoms with Crippen molar-refractivity contribution >= 4 is 12.2 Å². The summed E-state index contributed by atoms with van der Waals surface area (Å²) in [6.45, 7) is 6.25. The Labute approximate surface area is 106 Å². The topological polar surface area (TPSA) is 77.8 Å². The van der Waals surface area contributed by atoms with Gasteiger partial charge in [0.15, 0.2) is 12.4 Å². The fourth-order valence-corrected chi connectivity index (χ4v) is 2.13. The summed E-state index contributed by atoms with van der Waals surface area (Å²) in [5.74, 6) is -0.622. The van der Waals surface area contributed by atoms with Crippen LogP contribution in [0.4, 0.5) is 0 Å². The van der Waals surface area contributed by atoms with Crippen LogP contribution >= 0.6 is 0 Å². The molecule has 3 unspecified atom stereocenters. The summed E-state index contributed by atoms with van der Waals surface area (Å²) >= 11 is 0. The molecular formula is C13H19NO4. The highest BCUT2D eigenvalue weighted by Crippen LogP contribution is 2.24. The number of aliphatic hydroxyl groups excluding tert-OH is 2. The zero-order chi connectivity index (χ0) is 13.7. The first kappa shape index (κ1) is 14.6. The van der Waals surface area contributed by atoms with Gasteiger partial charge in [0.1, 0.15) is 6.10 Å². The van der Waals surface area contributed by atoms with Gasteiger partial charge in [-0.2, -0.15) is 0 Å². The summed E-state index contributed by atoms with van der Waals surface area (Å²) in [6.07, 6.45) is 2.04. The SMILES string of the molecule is C=C(/C=C\C)C1CCCN1C(=O)C(O)C(O)C=O. The lowest BCUT2D eigenvalue weighted by molar-refractivity contribution is -0.148. The maximum atomic E-state index is 12.0. The van der Waals surface area contributed by atoms with Crippen LogP contribution in [0.2, 0.25) is 0 Å². The lowest BCUT2D eigenvalue weighted by Gasteiger charge is -2.28. The molecule has 3 atom stereocenters. The summed E-state index contributed by atoms with van der Waals surface area (Å²) in [7, 11) is 0. The number of hydrogen-bond acceptors (Lipinski definition) is 4. The van der Waals surface area contributed by atoms with E-state index in [9.17, 15) is 19.8 Å². The van der Waals surface area contributed by atoms with Crippen LogP contribution in [0.1, 0.15) is 19.8 Å². The molecule has 0 bridgehead atoms. The van der Waals surface area contributed by atoms with Crippen molar-refractivity contribution in [2.75, 3.05) is 6.54 Å². The van der Waals surface area contributed by atoms with E-state index in [1.807, 2.05) is 19.1 Å². The van der Waals surface area contributed by atoms with Crippen molar-refractivity contribution in [2.45, 2.75) is 38.0 Å². The summed E-state index contributed by atoms with van der Waals surface area (Å²) < 4.78 is 0. The van der Waals surface area contributed by atoms with Gasteiger partial charge in [0.05, 0.1) is 6.04 Å². The number of hydrogen-bond donors (Lipinski definition) is 2. The number of aliphatic hydroxyl groups is 2. The number of aldehydes is 1. The Morgan fingerprint density at radius 2 is 2.17 bits per heavy atom. The molecule has 18 heavy (non-hydrogen) atoms. The standard InChI is InChI=1S/C13H19NO4/c1-3-5-9(2)10-6-4-7-14(10)13(18)12(17)11(16)8-15/h3,5,8,10-12,16-17H,2,4,6-7H2,1H3/b5-3-. The largest absolute Gasteiger partial charge is 0.382 e. The van der Waals surface area contributed by atoms with Crippen LogP contribution in [0, 0.1) is 0 Å². The second kappa shape index (κ2) is 6.47. The van der Waals surface area contributed by atoms with Crippen molar-refractivity contribution in [1.29, 1.82) is 0 Å². The van der Waals surface area contributed by atoms with Crippen LogP contribution < -0.4 is 0 Å². The third kappa shape index (κ3) is 3.05. The lowest BCUT2D eigenvalue weighted by Crippen LogP contribution is -2.47. The summed E-state index contributed by atoms with van der Waals surface area (Å²) in [5.41, 5.74) is 0.788. The van der Waals surface area contributed by atoms with Crippen LogP contribution in [0.3, 0.4) is 0 Å². The third-order valence-electron chi connectivity index (χ3n) is 3.06. The Balaban J connectivity index is 2.78. The zero-order valence-corrected chi connectivity index (χ0v) is 10.5. The first-order valence-corrected chi connectivity index (χ1v) is 5.96. The van der Waals surface area contributed by atoms with Gasteiger partial charge in [0, 0.05) is 6.54 Å². The maximum absolute atomic E-state index is 12.0. The molecule has 1 aliphatic rings. The van der Waals surface area contributed by atoms with Crippen molar-refractivity contribution in [3.05, 3.63) is 24.3 Å². The molecule has 1 heterocycles. The summed E-state index contributed by atoms with van der Waals surface area (Å²) in [4.78, 5) is 23.8. The molecule has 0 spiro atoms. The molecule has 1 fully saturated rings. The van der Waals surface area contributed by atoms with Gasteiger partial charge < -0.3 is 19.9 Å². The number of rotatable bonds is 5. The average Bonchev–Trinajstić information content (AvgIpc) is 2.85. The van der Waals surface area contributed by atoms with E-state index < -0.39 is 18.1 Å². The number of carbonyl (C=O) groups is 2. The van der Waals surface area contributed by atoms with E-state index in [0.717, 1.165) is 18.4 Å². The quantitative estimate of drug-likeness (QED) is 0.535. The maximum Gasteiger partial charge on any atom is 0.255 e. The van der Waals surface area contributed by atoms with Gasteiger partial charge in [-0.3, -0.25) is 4.79 Å². The minimum atomic E-state index is -1.69. The normalized spacial score (nSPS) is 23.1. The Hall–Kier alpha value is -1.46. The van der Waals surface area contributed by atoms with E-state index >= 15 is 0 Å². The van der Waals surface area contributed by atoms with Crippen LogP contribution in [0.5, 0.6) is 0 Å². The van der Waals surface area contributed by atoms with Crippen molar-refractivity contribution in [1.82, 2.24) is 4.90 Å². The van der Waals surface area contributed by atoms with E-state index in [0.29, 0.717) is 6.54 Å². The van der Waals surface area contributed by atoms with E-state index in [2.05, 4.69) is 6.58 Å². The first-order valence-electron chi connectivity index (χ1n) is 5.96. The zero-order valence-electron chi connectivity index (χ0n) is 10.5. The van der Waals surface area contributed by atoms with Crippen LogP contribution in [-0.4, -0.2) is 52.1 Å². The highest BCUT2D eigenvalue weighted by molar-refractivity contribution is 5.85. The molecule has 0 aromatic rings. The number of amides is 1. The molecule has 0 aliphatic carbocycles. The Morgan fingerprint density at radius 1 is 1.50 bits per heavy atom. The van der Waals surface area contributed by atoms with Crippen molar-refractivity contribution in [2.24, 2.45) is 0 Å². The van der Waals surface area contributed by atoms with Gasteiger partial charge >= 0.3 is 0 Å². The van der Waals surface area contributed by atoms with Gasteiger partial charge in [-0.15, -0.1) is 0 Å². The first-order chi connectivity index (χ1) is 8.52. The van der Waals surface area contributed by atoms with E-state index in [-0.39, 0.29) is 12.3 Å². The van der Waals surface area contributed by atoms with Crippen molar-refractivity contribution < 1.29 is 19.8 Å². The fraction of sp³-hybridized carbons (Fsp3) is 0.538. The fourth-order valence-electron chi connectivity index (χ4n) is 2.13. The average molecular weight is 253 g/mol. The minimum Gasteiger partial charge on any atom is -0.382 e. The third-order valence-corrected chi connectivity index (χ3v) is 3.06. The predicted molar refractivity (Wildman–Crippen MR) is 66.8 cm³/mol. The predicted octanol–water partition coefficient (Wildman–Crippen LogP) is 0.0304. The molecule has 1 aliphatic heterocycles. The molecule has 1 saturated heterocycles.